The van der Waals surface area contributed by atoms with Crippen LogP contribution in [-0.2, 0) is 0 Å². The van der Waals surface area contributed by atoms with E-state index in [9.17, 15) is 10.2 Å². The van der Waals surface area contributed by atoms with E-state index in [1.165, 1.54) is 87.3 Å². The summed E-state index contributed by atoms with van der Waals surface area (Å²) in [6.07, 6.45) is 16.4. The molecule has 2 aromatic rings. The van der Waals surface area contributed by atoms with Gasteiger partial charge in [-0.05, 0) is 162 Å². The van der Waals surface area contributed by atoms with Crippen LogP contribution in [0.4, 0.5) is 0 Å². The van der Waals surface area contributed by atoms with Crippen LogP contribution in [0, 0.1) is 23.7 Å². The number of allylic oxidation sites excluding steroid dienone is 1. The number of ether oxygens (including phenoxy) is 2. The monoisotopic (exact) mass is 705 g/mol. The molecule has 0 aliphatic heterocycles. The summed E-state index contributed by atoms with van der Waals surface area (Å²) in [5.74, 6) is 5.29. The first-order valence-electron chi connectivity index (χ1n) is 20.9. The number of aliphatic hydroxyl groups excluding tert-OH is 2. The van der Waals surface area contributed by atoms with Crippen molar-refractivity contribution in [1.82, 2.24) is 0 Å². The van der Waals surface area contributed by atoms with E-state index in [-0.39, 0.29) is 13.2 Å². The van der Waals surface area contributed by atoms with Gasteiger partial charge in [0.25, 0.3) is 0 Å². The lowest BCUT2D eigenvalue weighted by Gasteiger charge is -2.52. The first-order chi connectivity index (χ1) is 24.8. The topological polar surface area (TPSA) is 58.9 Å². The lowest BCUT2D eigenvalue weighted by atomic mass is 9.53. The Hall–Kier alpha value is -2.38. The third kappa shape index (κ3) is 11.3. The molecule has 6 heteroatoms. The van der Waals surface area contributed by atoms with E-state index in [1.807, 2.05) is 0 Å². The first-order valence-corrected chi connectivity index (χ1v) is 20.9. The normalized spacial score (nSPS) is 23.2. The molecule has 6 rings (SSSR count). The standard InChI is InChI=1S/C45H72N2O4/c1-5-46(3,25-27-48)23-11-7-9-13-29-50-42-19-15-38(16-20-42)44(45-40-32-36-31-37(34-40)35-41(45)33-36)39-17-21-43(22-18-39)51-30-14-10-8-12-24-47(4,6-2)26-28-49/h15-22,36-37,40-41,48-49H,5-14,23-35H2,1-4H3/q+2. The van der Waals surface area contributed by atoms with E-state index < -0.39 is 0 Å². The molecule has 2 N–H and O–H groups in total. The first kappa shape index (κ1) is 39.8. The van der Waals surface area contributed by atoms with Crippen LogP contribution in [0.2, 0.25) is 0 Å². The quantitative estimate of drug-likeness (QED) is 0.0848. The third-order valence-electron chi connectivity index (χ3n) is 13.1. The second kappa shape index (κ2) is 19.6. The Kier molecular flexibility index (Phi) is 15.3. The van der Waals surface area contributed by atoms with Gasteiger partial charge in [-0.1, -0.05) is 29.8 Å². The fraction of sp³-hybridized carbons (Fsp3) is 0.689. The van der Waals surface area contributed by atoms with Crippen molar-refractivity contribution in [3.63, 3.8) is 0 Å². The van der Waals surface area contributed by atoms with Crippen LogP contribution in [-0.4, -0.2) is 99.0 Å². The molecule has 4 bridgehead atoms. The Labute approximate surface area is 311 Å². The maximum atomic E-state index is 9.38. The molecule has 284 valence electrons. The molecule has 0 saturated heterocycles. The minimum atomic E-state index is 0.270. The number of unbranched alkanes of at least 4 members (excludes halogenated alkanes) is 6. The number of rotatable bonds is 24. The summed E-state index contributed by atoms with van der Waals surface area (Å²) in [6, 6.07) is 18.0. The molecule has 4 fully saturated rings. The van der Waals surface area contributed by atoms with Gasteiger partial charge < -0.3 is 28.7 Å². The van der Waals surface area contributed by atoms with Crippen molar-refractivity contribution < 1.29 is 28.7 Å². The van der Waals surface area contributed by atoms with Crippen LogP contribution in [0.5, 0.6) is 11.5 Å². The average molecular weight is 705 g/mol. The number of quaternary nitrogens is 2. The summed E-state index contributed by atoms with van der Waals surface area (Å²) in [7, 11) is 4.51. The zero-order chi connectivity index (χ0) is 36.1. The Bertz CT molecular complexity index is 1230. The van der Waals surface area contributed by atoms with Crippen LogP contribution < -0.4 is 9.47 Å². The summed E-state index contributed by atoms with van der Waals surface area (Å²) >= 11 is 0. The second-order valence-electron chi connectivity index (χ2n) is 16.9. The molecule has 4 aliphatic carbocycles. The number of hydrogen-bond acceptors (Lipinski definition) is 4. The van der Waals surface area contributed by atoms with E-state index in [4.69, 9.17) is 9.47 Å². The fourth-order valence-corrected chi connectivity index (χ4v) is 9.65. The molecule has 0 aromatic heterocycles. The smallest absolute Gasteiger partial charge is 0.119 e. The molecule has 0 spiro atoms. The highest BCUT2D eigenvalue weighted by molar-refractivity contribution is 5.83. The molecule has 2 atom stereocenters. The molecule has 4 aliphatic rings. The van der Waals surface area contributed by atoms with E-state index in [1.54, 1.807) is 5.57 Å². The fourth-order valence-electron chi connectivity index (χ4n) is 9.65. The summed E-state index contributed by atoms with van der Waals surface area (Å²) in [4.78, 5) is 0. The maximum absolute atomic E-state index is 9.38. The molecule has 2 aromatic carbocycles. The van der Waals surface area contributed by atoms with E-state index in [0.717, 1.165) is 109 Å². The molecule has 0 radical (unpaired) electrons. The van der Waals surface area contributed by atoms with Crippen molar-refractivity contribution in [2.75, 3.05) is 79.8 Å². The number of nitrogens with zero attached hydrogens (tertiary/aromatic N) is 2. The van der Waals surface area contributed by atoms with Crippen LogP contribution in [0.3, 0.4) is 0 Å². The molecule has 4 saturated carbocycles. The van der Waals surface area contributed by atoms with Gasteiger partial charge in [0.2, 0.25) is 0 Å². The molecule has 2 unspecified atom stereocenters. The Morgan fingerprint density at radius 2 is 0.941 bits per heavy atom. The predicted octanol–water partition coefficient (Wildman–Crippen LogP) is 8.74. The van der Waals surface area contributed by atoms with Crippen molar-refractivity contribution in [1.29, 1.82) is 0 Å². The summed E-state index contributed by atoms with van der Waals surface area (Å²) < 4.78 is 14.4. The summed E-state index contributed by atoms with van der Waals surface area (Å²) in [6.45, 7) is 12.6. The Morgan fingerprint density at radius 3 is 1.31 bits per heavy atom. The second-order valence-corrected chi connectivity index (χ2v) is 16.9. The van der Waals surface area contributed by atoms with Crippen molar-refractivity contribution >= 4 is 5.57 Å². The average Bonchev–Trinajstić information content (AvgIpc) is 3.13. The third-order valence-corrected chi connectivity index (χ3v) is 13.1. The zero-order valence-corrected chi connectivity index (χ0v) is 32.8. The van der Waals surface area contributed by atoms with Gasteiger partial charge in [0.05, 0.1) is 66.7 Å². The van der Waals surface area contributed by atoms with E-state index >= 15 is 0 Å². The SMILES string of the molecule is CC[N+](C)(CCO)CCCCCCOc1ccc(C(=C2C3CC4CC(C3)CC2C4)c2ccc(OCCCCCC[N+](C)(CC)CCO)cc2)cc1. The molecule has 51 heavy (non-hydrogen) atoms. The Balaban J connectivity index is 1.15. The minimum absolute atomic E-state index is 0.270. The lowest BCUT2D eigenvalue weighted by Crippen LogP contribution is -2.46. The number of hydrogen-bond donors (Lipinski definition) is 2. The highest BCUT2D eigenvalue weighted by Crippen LogP contribution is 2.58. The van der Waals surface area contributed by atoms with E-state index in [0.29, 0.717) is 0 Å². The lowest BCUT2D eigenvalue weighted by molar-refractivity contribution is -0.908. The number of likely N-dealkylation sites (N-methyl/N-ethyl adjacent to an activating group) is 2. The van der Waals surface area contributed by atoms with Gasteiger partial charge in [-0.25, -0.2) is 0 Å². The number of aliphatic hydroxyl groups is 2. The van der Waals surface area contributed by atoms with Gasteiger partial charge in [-0.3, -0.25) is 0 Å². The molecule has 0 amide bonds. The minimum Gasteiger partial charge on any atom is -0.494 e. The van der Waals surface area contributed by atoms with Crippen molar-refractivity contribution in [2.24, 2.45) is 23.7 Å². The van der Waals surface area contributed by atoms with Crippen LogP contribution in [0.1, 0.15) is 108 Å². The highest BCUT2D eigenvalue weighted by Gasteiger charge is 2.46. The largest absolute Gasteiger partial charge is 0.494 e. The van der Waals surface area contributed by atoms with Crippen LogP contribution in [0.25, 0.3) is 5.57 Å². The molecule has 0 heterocycles. The molecule has 6 nitrogen and oxygen atoms in total. The molecular formula is C45H72N2O4+2. The maximum Gasteiger partial charge on any atom is 0.119 e. The zero-order valence-electron chi connectivity index (χ0n) is 32.8. The van der Waals surface area contributed by atoms with Gasteiger partial charge in [0.1, 0.15) is 24.6 Å². The van der Waals surface area contributed by atoms with Gasteiger partial charge in [-0.15, -0.1) is 0 Å². The van der Waals surface area contributed by atoms with Gasteiger partial charge in [-0.2, -0.15) is 0 Å². The van der Waals surface area contributed by atoms with Gasteiger partial charge in [0, 0.05) is 0 Å². The van der Waals surface area contributed by atoms with Crippen LogP contribution in [0.15, 0.2) is 54.1 Å². The predicted molar refractivity (Wildman–Crippen MR) is 211 cm³/mol. The summed E-state index contributed by atoms with van der Waals surface area (Å²) in [5.41, 5.74) is 5.86. The highest BCUT2D eigenvalue weighted by atomic mass is 16.5. The van der Waals surface area contributed by atoms with Gasteiger partial charge in [0.15, 0.2) is 0 Å². The van der Waals surface area contributed by atoms with Crippen molar-refractivity contribution in [3.05, 3.63) is 65.2 Å². The van der Waals surface area contributed by atoms with Gasteiger partial charge >= 0.3 is 0 Å². The number of benzene rings is 2. The van der Waals surface area contributed by atoms with Crippen molar-refractivity contribution in [2.45, 2.75) is 97.3 Å². The summed E-state index contributed by atoms with van der Waals surface area (Å²) in [5, 5.41) is 18.8. The van der Waals surface area contributed by atoms with E-state index in [2.05, 4.69) is 76.5 Å². The Morgan fingerprint density at radius 1 is 0.549 bits per heavy atom. The van der Waals surface area contributed by atoms with Crippen molar-refractivity contribution in [3.8, 4) is 11.5 Å². The van der Waals surface area contributed by atoms with Crippen LogP contribution >= 0.6 is 0 Å². The molecular weight excluding hydrogens is 633 g/mol.